The highest BCUT2D eigenvalue weighted by Gasteiger charge is 2.18. The molecule has 0 fully saturated rings. The van der Waals surface area contributed by atoms with Crippen molar-refractivity contribution in [2.24, 2.45) is 0 Å². The summed E-state index contributed by atoms with van der Waals surface area (Å²) in [4.78, 5) is 4.11. The van der Waals surface area contributed by atoms with Gasteiger partial charge < -0.3 is 9.47 Å². The number of benzene rings is 1. The molecule has 0 saturated heterocycles. The normalized spacial score (nSPS) is 12.8. The third-order valence-electron chi connectivity index (χ3n) is 3.23. The number of nitrogens with one attached hydrogen (secondary N) is 1. The van der Waals surface area contributed by atoms with Gasteiger partial charge in [0.15, 0.2) is 0 Å². The molecule has 2 aromatic rings. The summed E-state index contributed by atoms with van der Waals surface area (Å²) in [7, 11) is -2.01. The molecule has 0 unspecified atom stereocenters. The molecule has 0 saturated carbocycles. The lowest BCUT2D eigenvalue weighted by Gasteiger charge is -2.14. The third kappa shape index (κ3) is 5.02. The van der Waals surface area contributed by atoms with E-state index in [1.54, 1.807) is 50.7 Å². The van der Waals surface area contributed by atoms with Crippen molar-refractivity contribution in [3.8, 4) is 5.75 Å². The Labute approximate surface area is 136 Å². The topological polar surface area (TPSA) is 77.5 Å². The smallest absolute Gasteiger partial charge is 0.241 e. The van der Waals surface area contributed by atoms with Gasteiger partial charge in [-0.1, -0.05) is 0 Å². The Hall–Kier alpha value is -1.96. The molecular formula is C16H20N2O4S. The number of methoxy groups -OCH3 is 1. The SMILES string of the molecule is COCCOc1ccc(S(=O)(=O)N[C@H](C)c2ccncc2)cc1. The molecule has 2 rings (SSSR count). The summed E-state index contributed by atoms with van der Waals surface area (Å²) in [6, 6.07) is 9.50. The molecule has 0 spiro atoms. The second-order valence-corrected chi connectivity index (χ2v) is 6.65. The van der Waals surface area contributed by atoms with Crippen molar-refractivity contribution in [1.29, 1.82) is 0 Å². The second-order valence-electron chi connectivity index (χ2n) is 4.94. The lowest BCUT2D eigenvalue weighted by atomic mass is 10.1. The first-order chi connectivity index (χ1) is 11.0. The summed E-state index contributed by atoms with van der Waals surface area (Å²) in [5.74, 6) is 0.600. The molecule has 0 aliphatic carbocycles. The molecule has 0 aliphatic heterocycles. The summed E-state index contributed by atoms with van der Waals surface area (Å²) >= 11 is 0. The molecular weight excluding hydrogens is 316 g/mol. The first-order valence-electron chi connectivity index (χ1n) is 7.17. The first kappa shape index (κ1) is 17.4. The lowest BCUT2D eigenvalue weighted by Crippen LogP contribution is -2.26. The molecule has 0 amide bonds. The summed E-state index contributed by atoms with van der Waals surface area (Å²) in [6.07, 6.45) is 3.26. The summed E-state index contributed by atoms with van der Waals surface area (Å²) in [5, 5.41) is 0. The van der Waals surface area contributed by atoms with Crippen LogP contribution in [0.2, 0.25) is 0 Å². The van der Waals surface area contributed by atoms with Gasteiger partial charge in [0.2, 0.25) is 10.0 Å². The monoisotopic (exact) mass is 336 g/mol. The lowest BCUT2D eigenvalue weighted by molar-refractivity contribution is 0.146. The van der Waals surface area contributed by atoms with E-state index in [1.165, 1.54) is 12.1 Å². The van der Waals surface area contributed by atoms with Crippen LogP contribution < -0.4 is 9.46 Å². The number of ether oxygens (including phenoxy) is 2. The fraction of sp³-hybridized carbons (Fsp3) is 0.312. The number of nitrogens with zero attached hydrogens (tertiary/aromatic N) is 1. The van der Waals surface area contributed by atoms with E-state index in [1.807, 2.05) is 0 Å². The van der Waals surface area contributed by atoms with Crippen LogP contribution in [0, 0.1) is 0 Å². The zero-order valence-electron chi connectivity index (χ0n) is 13.1. The molecule has 6 nitrogen and oxygen atoms in total. The first-order valence-corrected chi connectivity index (χ1v) is 8.65. The van der Waals surface area contributed by atoms with Crippen molar-refractivity contribution >= 4 is 10.0 Å². The maximum atomic E-state index is 12.4. The number of pyridine rings is 1. The highest BCUT2D eigenvalue weighted by molar-refractivity contribution is 7.89. The molecule has 1 aromatic heterocycles. The van der Waals surface area contributed by atoms with Crippen LogP contribution in [0.25, 0.3) is 0 Å². The Morgan fingerprint density at radius 2 is 1.74 bits per heavy atom. The van der Waals surface area contributed by atoms with Crippen molar-refractivity contribution in [2.75, 3.05) is 20.3 Å². The molecule has 7 heteroatoms. The Morgan fingerprint density at radius 1 is 1.09 bits per heavy atom. The Bertz CT molecular complexity index is 703. The highest BCUT2D eigenvalue weighted by atomic mass is 32.2. The Kier molecular flexibility index (Phi) is 6.09. The summed E-state index contributed by atoms with van der Waals surface area (Å²) < 4.78 is 37.8. The largest absolute Gasteiger partial charge is 0.491 e. The average Bonchev–Trinajstić information content (AvgIpc) is 2.56. The van der Waals surface area contributed by atoms with Gasteiger partial charge in [-0.25, -0.2) is 13.1 Å². The summed E-state index contributed by atoms with van der Waals surface area (Å²) in [6.45, 7) is 2.68. The van der Waals surface area contributed by atoms with Crippen molar-refractivity contribution in [2.45, 2.75) is 17.9 Å². The van der Waals surface area contributed by atoms with E-state index < -0.39 is 10.0 Å². The molecule has 0 aliphatic rings. The van der Waals surface area contributed by atoms with Gasteiger partial charge in [0.1, 0.15) is 12.4 Å². The van der Waals surface area contributed by atoms with E-state index >= 15 is 0 Å². The summed E-state index contributed by atoms with van der Waals surface area (Å²) in [5.41, 5.74) is 0.850. The van der Waals surface area contributed by atoms with E-state index in [9.17, 15) is 8.42 Å². The van der Waals surface area contributed by atoms with Gasteiger partial charge in [-0.3, -0.25) is 4.98 Å². The highest BCUT2D eigenvalue weighted by Crippen LogP contribution is 2.19. The van der Waals surface area contributed by atoms with Crippen molar-refractivity contribution < 1.29 is 17.9 Å². The maximum absolute atomic E-state index is 12.4. The predicted octanol–water partition coefficient (Wildman–Crippen LogP) is 2.15. The van der Waals surface area contributed by atoms with Gasteiger partial charge in [0.05, 0.1) is 11.5 Å². The zero-order valence-corrected chi connectivity index (χ0v) is 13.9. The van der Waals surface area contributed by atoms with Crippen molar-refractivity contribution in [3.63, 3.8) is 0 Å². The standard InChI is InChI=1S/C16H20N2O4S/c1-13(14-7-9-17-10-8-14)18-23(19,20)16-5-3-15(4-6-16)22-12-11-21-2/h3-10,13,18H,11-12H2,1-2H3/t13-/m1/s1. The quantitative estimate of drug-likeness (QED) is 0.747. The maximum Gasteiger partial charge on any atom is 0.241 e. The minimum absolute atomic E-state index is 0.192. The van der Waals surface area contributed by atoms with Crippen LogP contribution in [-0.2, 0) is 14.8 Å². The number of hydrogen-bond donors (Lipinski definition) is 1. The van der Waals surface area contributed by atoms with Crippen LogP contribution in [0.5, 0.6) is 5.75 Å². The van der Waals surface area contributed by atoms with E-state index in [-0.39, 0.29) is 10.9 Å². The fourth-order valence-electron chi connectivity index (χ4n) is 1.98. The molecule has 0 radical (unpaired) electrons. The predicted molar refractivity (Wildman–Crippen MR) is 86.8 cm³/mol. The van der Waals surface area contributed by atoms with E-state index in [4.69, 9.17) is 9.47 Å². The molecule has 124 valence electrons. The second kappa shape index (κ2) is 8.05. The zero-order chi connectivity index (χ0) is 16.7. The van der Waals surface area contributed by atoms with Gasteiger partial charge in [-0.2, -0.15) is 0 Å². The van der Waals surface area contributed by atoms with Gasteiger partial charge >= 0.3 is 0 Å². The minimum atomic E-state index is -3.60. The molecule has 1 heterocycles. The van der Waals surface area contributed by atoms with Crippen molar-refractivity contribution in [3.05, 3.63) is 54.4 Å². The van der Waals surface area contributed by atoms with Gasteiger partial charge in [0, 0.05) is 25.5 Å². The minimum Gasteiger partial charge on any atom is -0.491 e. The van der Waals surface area contributed by atoms with Gasteiger partial charge in [0.25, 0.3) is 0 Å². The number of aromatic nitrogens is 1. The van der Waals surface area contributed by atoms with E-state index in [0.717, 1.165) is 5.56 Å². The van der Waals surface area contributed by atoms with Gasteiger partial charge in [-0.15, -0.1) is 0 Å². The average molecular weight is 336 g/mol. The number of sulfonamides is 1. The van der Waals surface area contributed by atoms with Crippen molar-refractivity contribution in [1.82, 2.24) is 9.71 Å². The van der Waals surface area contributed by atoms with Crippen LogP contribution in [0.1, 0.15) is 18.5 Å². The Morgan fingerprint density at radius 3 is 2.35 bits per heavy atom. The van der Waals surface area contributed by atoms with Gasteiger partial charge in [-0.05, 0) is 48.9 Å². The van der Waals surface area contributed by atoms with E-state index in [0.29, 0.717) is 19.0 Å². The number of hydrogen-bond acceptors (Lipinski definition) is 5. The third-order valence-corrected chi connectivity index (χ3v) is 4.78. The molecule has 1 N–H and O–H groups in total. The van der Waals surface area contributed by atoms with E-state index in [2.05, 4.69) is 9.71 Å². The van der Waals surface area contributed by atoms with Crippen LogP contribution in [-0.4, -0.2) is 33.7 Å². The van der Waals surface area contributed by atoms with Crippen LogP contribution >= 0.6 is 0 Å². The fourth-order valence-corrected chi connectivity index (χ4v) is 3.21. The van der Waals surface area contributed by atoms with Crippen LogP contribution in [0.3, 0.4) is 0 Å². The van der Waals surface area contributed by atoms with Crippen LogP contribution in [0.15, 0.2) is 53.7 Å². The Balaban J connectivity index is 2.04. The molecule has 1 aromatic carbocycles. The van der Waals surface area contributed by atoms with Crippen LogP contribution in [0.4, 0.5) is 0 Å². The molecule has 23 heavy (non-hydrogen) atoms. The molecule has 0 bridgehead atoms. The molecule has 1 atom stereocenters. The number of rotatable bonds is 8.